The summed E-state index contributed by atoms with van der Waals surface area (Å²) in [6.07, 6.45) is 7.23. The molecule has 2 aromatic heterocycles. The summed E-state index contributed by atoms with van der Waals surface area (Å²) in [5.74, 6) is 0.378. The molecule has 0 aliphatic rings. The van der Waals surface area contributed by atoms with Crippen molar-refractivity contribution in [1.82, 2.24) is 9.97 Å². The number of pyridine rings is 2. The van der Waals surface area contributed by atoms with Gasteiger partial charge in [-0.3, -0.25) is 9.78 Å². The van der Waals surface area contributed by atoms with Crippen LogP contribution in [0.3, 0.4) is 0 Å². The van der Waals surface area contributed by atoms with E-state index in [0.717, 1.165) is 22.4 Å². The van der Waals surface area contributed by atoms with Crippen LogP contribution in [0, 0.1) is 6.92 Å². The lowest BCUT2D eigenvalue weighted by atomic mass is 9.96. The molecule has 0 amide bonds. The highest BCUT2D eigenvalue weighted by molar-refractivity contribution is 6.03. The van der Waals surface area contributed by atoms with Crippen LogP contribution in [0.2, 0.25) is 0 Å². The summed E-state index contributed by atoms with van der Waals surface area (Å²) in [6, 6.07) is 12.1. The van der Waals surface area contributed by atoms with E-state index in [1.54, 1.807) is 19.4 Å². The van der Waals surface area contributed by atoms with Gasteiger partial charge in [0.1, 0.15) is 5.69 Å². The van der Waals surface area contributed by atoms with Gasteiger partial charge < -0.3 is 4.74 Å². The number of carbonyl (C=O) groups is 1. The van der Waals surface area contributed by atoms with Gasteiger partial charge in [0.2, 0.25) is 0 Å². The van der Waals surface area contributed by atoms with Crippen LogP contribution in [-0.2, 0) is 0 Å². The molecule has 0 spiro atoms. The van der Waals surface area contributed by atoms with Crippen molar-refractivity contribution >= 4 is 17.9 Å². The molecule has 0 atom stereocenters. The summed E-state index contributed by atoms with van der Waals surface area (Å²) >= 11 is 0. The number of benzene rings is 1. The number of methoxy groups -OCH3 is 1. The Morgan fingerprint density at radius 1 is 1.10 bits per heavy atom. The van der Waals surface area contributed by atoms with E-state index < -0.39 is 0 Å². The average molecular weight is 384 g/mol. The zero-order valence-corrected chi connectivity index (χ0v) is 17.2. The Morgan fingerprint density at radius 3 is 2.34 bits per heavy atom. The Labute approximate surface area is 171 Å². The van der Waals surface area contributed by atoms with Gasteiger partial charge in [0.05, 0.1) is 18.4 Å². The lowest BCUT2D eigenvalue weighted by Crippen LogP contribution is -2.07. The van der Waals surface area contributed by atoms with Crippen LogP contribution in [0.5, 0.6) is 5.75 Å². The summed E-state index contributed by atoms with van der Waals surface area (Å²) in [7, 11) is 1.56. The quantitative estimate of drug-likeness (QED) is 0.489. The van der Waals surface area contributed by atoms with Gasteiger partial charge in [0.25, 0.3) is 0 Å². The highest BCUT2D eigenvalue weighted by Crippen LogP contribution is 2.37. The molecule has 3 rings (SSSR count). The number of aryl methyl sites for hydroxylation is 1. The number of Topliss-reactive ketones (excluding diaryl/α,β-unsaturated/α-hetero) is 1. The van der Waals surface area contributed by atoms with E-state index in [1.165, 1.54) is 6.92 Å². The molecule has 0 radical (unpaired) electrons. The van der Waals surface area contributed by atoms with Crippen molar-refractivity contribution < 1.29 is 9.53 Å². The molecule has 0 bridgehead atoms. The normalized spacial score (nSPS) is 10.9. The Balaban J connectivity index is 2.19. The molecule has 146 valence electrons. The van der Waals surface area contributed by atoms with Crippen LogP contribution >= 0.6 is 0 Å². The maximum atomic E-state index is 12.4. The molecule has 0 unspecified atom stereocenters. The van der Waals surface area contributed by atoms with Crippen LogP contribution in [0.25, 0.3) is 34.5 Å². The standard InChI is InChI=1S/C25H24N2O2/c1-6-8-22-21(7-2)23(17(4)28)25(29-5)24(27-22)19-11-9-18(10-12-19)20-13-14-26-16(3)15-20/h6-15H,2H2,1,3-5H3/b8-6-. The predicted octanol–water partition coefficient (Wildman–Crippen LogP) is 6.01. The summed E-state index contributed by atoms with van der Waals surface area (Å²) in [5.41, 5.74) is 6.53. The molecule has 0 aliphatic carbocycles. The Morgan fingerprint density at radius 2 is 1.79 bits per heavy atom. The number of hydrogen-bond acceptors (Lipinski definition) is 4. The van der Waals surface area contributed by atoms with Crippen molar-refractivity contribution in [3.8, 4) is 28.1 Å². The van der Waals surface area contributed by atoms with Gasteiger partial charge in [0, 0.05) is 23.0 Å². The molecule has 0 N–H and O–H groups in total. The first kappa shape index (κ1) is 20.2. The third-order valence-corrected chi connectivity index (χ3v) is 4.69. The number of carbonyl (C=O) groups excluding carboxylic acids is 1. The molecule has 4 nitrogen and oxygen atoms in total. The van der Waals surface area contributed by atoms with E-state index >= 15 is 0 Å². The number of nitrogens with zero attached hydrogens (tertiary/aromatic N) is 2. The van der Waals surface area contributed by atoms with Crippen molar-refractivity contribution in [2.45, 2.75) is 20.8 Å². The number of hydrogen-bond donors (Lipinski definition) is 0. The second-order valence-electron chi connectivity index (χ2n) is 6.69. The summed E-state index contributed by atoms with van der Waals surface area (Å²) < 4.78 is 5.63. The van der Waals surface area contributed by atoms with Crippen LogP contribution in [0.1, 0.15) is 41.2 Å². The van der Waals surface area contributed by atoms with Gasteiger partial charge in [-0.05, 0) is 50.1 Å². The first-order valence-corrected chi connectivity index (χ1v) is 9.41. The maximum absolute atomic E-state index is 12.4. The number of allylic oxidation sites excluding steroid dienone is 1. The van der Waals surface area contributed by atoms with Crippen molar-refractivity contribution in [1.29, 1.82) is 0 Å². The van der Waals surface area contributed by atoms with Crippen LogP contribution in [0.15, 0.2) is 55.3 Å². The zero-order chi connectivity index (χ0) is 21.0. The van der Waals surface area contributed by atoms with E-state index in [0.29, 0.717) is 28.3 Å². The third-order valence-electron chi connectivity index (χ3n) is 4.69. The van der Waals surface area contributed by atoms with Crippen molar-refractivity contribution in [2.24, 2.45) is 0 Å². The molecule has 0 saturated heterocycles. The molecule has 0 aliphatic heterocycles. The van der Waals surface area contributed by atoms with Crippen molar-refractivity contribution in [2.75, 3.05) is 7.11 Å². The molecular formula is C25H24N2O2. The topological polar surface area (TPSA) is 52.1 Å². The molecule has 29 heavy (non-hydrogen) atoms. The lowest BCUT2D eigenvalue weighted by molar-refractivity contribution is 0.101. The molecule has 4 heteroatoms. The Bertz CT molecular complexity index is 1100. The number of ketones is 1. The number of rotatable bonds is 6. The second kappa shape index (κ2) is 8.65. The van der Waals surface area contributed by atoms with Crippen LogP contribution < -0.4 is 4.74 Å². The van der Waals surface area contributed by atoms with E-state index in [2.05, 4.69) is 11.6 Å². The summed E-state index contributed by atoms with van der Waals surface area (Å²) in [6.45, 7) is 9.28. The monoisotopic (exact) mass is 384 g/mol. The largest absolute Gasteiger partial charge is 0.494 e. The molecule has 2 heterocycles. The lowest BCUT2D eigenvalue weighted by Gasteiger charge is -2.17. The molecule has 3 aromatic rings. The Hall–Kier alpha value is -3.53. The number of aromatic nitrogens is 2. The first-order chi connectivity index (χ1) is 14.0. The van der Waals surface area contributed by atoms with Gasteiger partial charge in [-0.1, -0.05) is 43.0 Å². The van der Waals surface area contributed by atoms with E-state index in [4.69, 9.17) is 9.72 Å². The minimum Gasteiger partial charge on any atom is -0.494 e. The molecule has 0 saturated carbocycles. The van der Waals surface area contributed by atoms with E-state index in [9.17, 15) is 4.79 Å². The Kier molecular flexibility index (Phi) is 6.03. The fourth-order valence-corrected chi connectivity index (χ4v) is 3.38. The summed E-state index contributed by atoms with van der Waals surface area (Å²) in [5, 5.41) is 0. The minimum absolute atomic E-state index is 0.0879. The zero-order valence-electron chi connectivity index (χ0n) is 17.2. The average Bonchev–Trinajstić information content (AvgIpc) is 2.73. The minimum atomic E-state index is -0.0879. The number of ether oxygens (including phenoxy) is 1. The fraction of sp³-hybridized carbons (Fsp3) is 0.160. The van der Waals surface area contributed by atoms with Gasteiger partial charge in [-0.2, -0.15) is 0 Å². The molecule has 1 aromatic carbocycles. The highest BCUT2D eigenvalue weighted by Gasteiger charge is 2.22. The van der Waals surface area contributed by atoms with Gasteiger partial charge in [0.15, 0.2) is 11.5 Å². The van der Waals surface area contributed by atoms with Crippen LogP contribution in [0.4, 0.5) is 0 Å². The molecular weight excluding hydrogens is 360 g/mol. The summed E-state index contributed by atoms with van der Waals surface area (Å²) in [4.78, 5) is 21.5. The van der Waals surface area contributed by atoms with E-state index in [1.807, 2.05) is 62.4 Å². The van der Waals surface area contributed by atoms with Gasteiger partial charge in [-0.15, -0.1) is 0 Å². The van der Waals surface area contributed by atoms with Gasteiger partial charge in [-0.25, -0.2) is 4.98 Å². The van der Waals surface area contributed by atoms with Gasteiger partial charge >= 0.3 is 0 Å². The van der Waals surface area contributed by atoms with Crippen molar-refractivity contribution in [3.05, 3.63) is 77.8 Å². The van der Waals surface area contributed by atoms with Crippen molar-refractivity contribution in [3.63, 3.8) is 0 Å². The SMILES string of the molecule is C=Cc1c(/C=C\C)nc(-c2ccc(-c3ccnc(C)c3)cc2)c(OC)c1C(C)=O. The first-order valence-electron chi connectivity index (χ1n) is 9.41. The van der Waals surface area contributed by atoms with Crippen LogP contribution in [-0.4, -0.2) is 22.9 Å². The predicted molar refractivity (Wildman–Crippen MR) is 119 cm³/mol. The molecule has 0 fully saturated rings. The fourth-order valence-electron chi connectivity index (χ4n) is 3.38. The van der Waals surface area contributed by atoms with E-state index in [-0.39, 0.29) is 5.78 Å². The third kappa shape index (κ3) is 4.02. The smallest absolute Gasteiger partial charge is 0.164 e. The maximum Gasteiger partial charge on any atom is 0.164 e. The second-order valence-corrected chi connectivity index (χ2v) is 6.69. The highest BCUT2D eigenvalue weighted by atomic mass is 16.5.